The van der Waals surface area contributed by atoms with Gasteiger partial charge in [0, 0.05) is 6.20 Å². The SMILES string of the molecule is CCOC(=O)C1=C(c2ccccc2)Nc2nc3ccccc3n2C1c1ccccn1. The molecule has 0 fully saturated rings. The first-order valence-corrected chi connectivity index (χ1v) is 9.89. The zero-order valence-electron chi connectivity index (χ0n) is 16.4. The Bertz CT molecular complexity index is 1250. The first-order valence-electron chi connectivity index (χ1n) is 9.89. The second-order valence-corrected chi connectivity index (χ2v) is 6.95. The number of benzene rings is 2. The van der Waals surface area contributed by atoms with E-state index in [1.807, 2.05) is 84.3 Å². The molecule has 1 aliphatic heterocycles. The van der Waals surface area contributed by atoms with Gasteiger partial charge in [-0.3, -0.25) is 9.55 Å². The minimum absolute atomic E-state index is 0.289. The van der Waals surface area contributed by atoms with Crippen molar-refractivity contribution in [2.75, 3.05) is 11.9 Å². The molecule has 0 spiro atoms. The summed E-state index contributed by atoms with van der Waals surface area (Å²) in [6.45, 7) is 2.10. The fourth-order valence-electron chi connectivity index (χ4n) is 3.91. The maximum atomic E-state index is 13.3. The summed E-state index contributed by atoms with van der Waals surface area (Å²) in [7, 11) is 0. The summed E-state index contributed by atoms with van der Waals surface area (Å²) in [4.78, 5) is 22.6. The molecular weight excluding hydrogens is 376 g/mol. The van der Waals surface area contributed by atoms with E-state index in [-0.39, 0.29) is 12.6 Å². The van der Waals surface area contributed by atoms with Crippen LogP contribution in [0.2, 0.25) is 0 Å². The zero-order chi connectivity index (χ0) is 20.5. The predicted octanol–water partition coefficient (Wildman–Crippen LogP) is 4.42. The van der Waals surface area contributed by atoms with Crippen molar-refractivity contribution in [2.24, 2.45) is 0 Å². The van der Waals surface area contributed by atoms with E-state index in [1.165, 1.54) is 0 Å². The quantitative estimate of drug-likeness (QED) is 0.517. The normalized spacial score (nSPS) is 15.6. The zero-order valence-corrected chi connectivity index (χ0v) is 16.4. The standard InChI is InChI=1S/C24H20N4O2/c1-2-30-23(29)20-21(16-10-4-3-5-11-16)27-24-26-17-12-6-7-14-19(17)28(24)22(20)18-13-8-9-15-25-18/h3-15,22H,2H2,1H3,(H,26,27). The molecule has 5 rings (SSSR count). The van der Waals surface area contributed by atoms with Crippen LogP contribution in [0.15, 0.2) is 84.6 Å². The number of aromatic nitrogens is 3. The lowest BCUT2D eigenvalue weighted by atomic mass is 9.95. The van der Waals surface area contributed by atoms with E-state index < -0.39 is 6.04 Å². The number of anilines is 1. The summed E-state index contributed by atoms with van der Waals surface area (Å²) in [6, 6.07) is 22.9. The van der Waals surface area contributed by atoms with E-state index in [0.29, 0.717) is 17.2 Å². The van der Waals surface area contributed by atoms with Gasteiger partial charge in [0.2, 0.25) is 5.95 Å². The predicted molar refractivity (Wildman–Crippen MR) is 116 cm³/mol. The van der Waals surface area contributed by atoms with Crippen LogP contribution in [0.5, 0.6) is 0 Å². The van der Waals surface area contributed by atoms with Gasteiger partial charge in [0.05, 0.1) is 34.6 Å². The monoisotopic (exact) mass is 396 g/mol. The molecule has 0 bridgehead atoms. The van der Waals surface area contributed by atoms with Gasteiger partial charge in [0.1, 0.15) is 6.04 Å². The van der Waals surface area contributed by atoms with Crippen LogP contribution in [0.1, 0.15) is 24.2 Å². The van der Waals surface area contributed by atoms with Crippen LogP contribution < -0.4 is 5.32 Å². The van der Waals surface area contributed by atoms with Crippen molar-refractivity contribution < 1.29 is 9.53 Å². The number of ether oxygens (including phenoxy) is 1. The molecule has 0 saturated carbocycles. The first-order chi connectivity index (χ1) is 14.8. The van der Waals surface area contributed by atoms with Crippen LogP contribution >= 0.6 is 0 Å². The van der Waals surface area contributed by atoms with Crippen molar-refractivity contribution in [2.45, 2.75) is 13.0 Å². The van der Waals surface area contributed by atoms with E-state index in [2.05, 4.69) is 10.3 Å². The van der Waals surface area contributed by atoms with Gasteiger partial charge in [-0.1, -0.05) is 48.5 Å². The molecule has 4 aromatic rings. The summed E-state index contributed by atoms with van der Waals surface area (Å²) in [6.07, 6.45) is 1.74. The lowest BCUT2D eigenvalue weighted by molar-refractivity contribution is -0.138. The Balaban J connectivity index is 1.83. The van der Waals surface area contributed by atoms with E-state index in [0.717, 1.165) is 22.3 Å². The number of imidazole rings is 1. The molecule has 1 unspecified atom stereocenters. The molecule has 3 heterocycles. The van der Waals surface area contributed by atoms with Crippen LogP contribution in [-0.2, 0) is 9.53 Å². The maximum Gasteiger partial charge on any atom is 0.338 e. The highest BCUT2D eigenvalue weighted by atomic mass is 16.5. The molecule has 0 amide bonds. The van der Waals surface area contributed by atoms with Crippen LogP contribution in [-0.4, -0.2) is 27.1 Å². The van der Waals surface area contributed by atoms with E-state index in [9.17, 15) is 4.79 Å². The van der Waals surface area contributed by atoms with Crippen LogP contribution in [0.25, 0.3) is 16.7 Å². The van der Waals surface area contributed by atoms with E-state index in [1.54, 1.807) is 6.20 Å². The summed E-state index contributed by atoms with van der Waals surface area (Å²) in [5.41, 5.74) is 4.60. The van der Waals surface area contributed by atoms with E-state index in [4.69, 9.17) is 9.72 Å². The van der Waals surface area contributed by atoms with Crippen molar-refractivity contribution in [3.63, 3.8) is 0 Å². The first kappa shape index (κ1) is 18.1. The second-order valence-electron chi connectivity index (χ2n) is 6.95. The number of hydrogen-bond acceptors (Lipinski definition) is 5. The number of rotatable bonds is 4. The Kier molecular flexibility index (Phi) is 4.52. The lowest BCUT2D eigenvalue weighted by Gasteiger charge is -2.30. The van der Waals surface area contributed by atoms with Gasteiger partial charge in [-0.05, 0) is 36.8 Å². The summed E-state index contributed by atoms with van der Waals surface area (Å²) >= 11 is 0. The smallest absolute Gasteiger partial charge is 0.338 e. The minimum Gasteiger partial charge on any atom is -0.463 e. The van der Waals surface area contributed by atoms with Crippen molar-refractivity contribution in [3.8, 4) is 0 Å². The molecule has 2 aromatic heterocycles. The van der Waals surface area contributed by atoms with Crippen molar-refractivity contribution in [1.29, 1.82) is 0 Å². The largest absolute Gasteiger partial charge is 0.463 e. The van der Waals surface area contributed by atoms with Gasteiger partial charge in [-0.15, -0.1) is 0 Å². The average Bonchev–Trinajstić information content (AvgIpc) is 3.17. The highest BCUT2D eigenvalue weighted by Gasteiger charge is 2.37. The third-order valence-electron chi connectivity index (χ3n) is 5.16. The molecule has 2 aromatic carbocycles. The highest BCUT2D eigenvalue weighted by molar-refractivity contribution is 6.03. The van der Waals surface area contributed by atoms with Gasteiger partial charge in [0.25, 0.3) is 0 Å². The molecule has 1 aliphatic rings. The Morgan fingerprint density at radius 2 is 1.80 bits per heavy atom. The van der Waals surface area contributed by atoms with E-state index >= 15 is 0 Å². The van der Waals surface area contributed by atoms with Crippen LogP contribution in [0.3, 0.4) is 0 Å². The number of carbonyl (C=O) groups is 1. The lowest BCUT2D eigenvalue weighted by Crippen LogP contribution is -2.29. The Morgan fingerprint density at radius 1 is 1.03 bits per heavy atom. The molecule has 0 saturated heterocycles. The second kappa shape index (κ2) is 7.48. The third kappa shape index (κ3) is 2.93. The fraction of sp³-hybridized carbons (Fsp3) is 0.125. The third-order valence-corrected chi connectivity index (χ3v) is 5.16. The van der Waals surface area contributed by atoms with Crippen LogP contribution in [0, 0.1) is 0 Å². The average molecular weight is 396 g/mol. The molecular formula is C24H20N4O2. The highest BCUT2D eigenvalue weighted by Crippen LogP contribution is 2.41. The van der Waals surface area contributed by atoms with Gasteiger partial charge in [-0.25, -0.2) is 9.78 Å². The van der Waals surface area contributed by atoms with Gasteiger partial charge < -0.3 is 10.1 Å². The van der Waals surface area contributed by atoms with Gasteiger partial charge in [0.15, 0.2) is 0 Å². The molecule has 30 heavy (non-hydrogen) atoms. The molecule has 148 valence electrons. The van der Waals surface area contributed by atoms with Crippen molar-refractivity contribution >= 4 is 28.6 Å². The number of nitrogens with one attached hydrogen (secondary N) is 1. The topological polar surface area (TPSA) is 69.0 Å². The fourth-order valence-corrected chi connectivity index (χ4v) is 3.91. The molecule has 0 aliphatic carbocycles. The Hall–Kier alpha value is -3.93. The number of hydrogen-bond donors (Lipinski definition) is 1. The number of esters is 1. The minimum atomic E-state index is -0.468. The van der Waals surface area contributed by atoms with Crippen molar-refractivity contribution in [1.82, 2.24) is 14.5 Å². The number of nitrogens with zero attached hydrogens (tertiary/aromatic N) is 3. The number of para-hydroxylation sites is 2. The van der Waals surface area contributed by atoms with Crippen LogP contribution in [0.4, 0.5) is 5.95 Å². The maximum absolute atomic E-state index is 13.3. The summed E-state index contributed by atoms with van der Waals surface area (Å²) < 4.78 is 7.51. The molecule has 1 N–H and O–H groups in total. The number of carbonyl (C=O) groups excluding carboxylic acids is 1. The molecule has 1 atom stereocenters. The van der Waals surface area contributed by atoms with Crippen molar-refractivity contribution in [3.05, 3.63) is 95.8 Å². The van der Waals surface area contributed by atoms with Gasteiger partial charge >= 0.3 is 5.97 Å². The summed E-state index contributed by atoms with van der Waals surface area (Å²) in [5, 5.41) is 3.39. The molecule has 0 radical (unpaired) electrons. The summed E-state index contributed by atoms with van der Waals surface area (Å²) in [5.74, 6) is 0.293. The Labute approximate surface area is 173 Å². The van der Waals surface area contributed by atoms with Gasteiger partial charge in [-0.2, -0.15) is 0 Å². The number of pyridine rings is 1. The molecule has 6 heteroatoms. The number of fused-ring (bicyclic) bond motifs is 3. The Morgan fingerprint density at radius 3 is 2.57 bits per heavy atom. The molecule has 6 nitrogen and oxygen atoms in total.